The average molecular weight is 647 g/mol. The maximum atomic E-state index is 12.3. The number of carboxylic acids is 1. The minimum atomic E-state index is -1.33. The lowest BCUT2D eigenvalue weighted by Gasteiger charge is -2.18. The Morgan fingerprint density at radius 1 is 1.04 bits per heavy atom. The van der Waals surface area contributed by atoms with Crippen molar-refractivity contribution in [3.63, 3.8) is 0 Å². The van der Waals surface area contributed by atoms with E-state index in [1.807, 2.05) is 31.2 Å². The summed E-state index contributed by atoms with van der Waals surface area (Å²) in [4.78, 5) is 36.2. The third-order valence-corrected chi connectivity index (χ3v) is 8.45. The van der Waals surface area contributed by atoms with Crippen molar-refractivity contribution in [2.45, 2.75) is 69.1 Å². The molecular weight excluding hydrogens is 608 g/mol. The molecule has 0 radical (unpaired) electrons. The first kappa shape index (κ1) is 34.3. The Balaban J connectivity index is 1.37. The van der Waals surface area contributed by atoms with Crippen molar-refractivity contribution < 1.29 is 38.5 Å². The van der Waals surface area contributed by atoms with E-state index in [9.17, 15) is 29.7 Å². The maximum absolute atomic E-state index is 12.3. The number of allylic oxidation sites excluding steroid dienone is 3. The van der Waals surface area contributed by atoms with E-state index >= 15 is 0 Å². The number of aromatic hydroxyl groups is 1. The number of aliphatic hydroxyl groups excluding tert-OH is 1. The molecule has 3 N–H and O–H groups in total. The van der Waals surface area contributed by atoms with Crippen LogP contribution in [0.3, 0.4) is 0 Å². The summed E-state index contributed by atoms with van der Waals surface area (Å²) >= 11 is 1.32. The Morgan fingerprint density at radius 2 is 1.85 bits per heavy atom. The second-order valence-electron chi connectivity index (χ2n) is 10.8. The fourth-order valence-electron chi connectivity index (χ4n) is 4.88. The summed E-state index contributed by atoms with van der Waals surface area (Å²) in [6.45, 7) is 5.71. The summed E-state index contributed by atoms with van der Waals surface area (Å²) < 4.78 is 17.0. The smallest absolute Gasteiger partial charge is 0.371 e. The van der Waals surface area contributed by atoms with Gasteiger partial charge in [0, 0.05) is 16.5 Å². The van der Waals surface area contributed by atoms with E-state index < -0.39 is 28.5 Å². The van der Waals surface area contributed by atoms with Crippen LogP contribution in [0, 0.1) is 6.92 Å². The molecule has 0 aliphatic heterocycles. The number of aliphatic hydroxyl groups is 1. The molecule has 2 aromatic heterocycles. The molecule has 0 aliphatic carbocycles. The number of ether oxygens (including phenoxy) is 1. The minimum absolute atomic E-state index is 0.00451. The topological polar surface area (TPSA) is 147 Å². The van der Waals surface area contributed by atoms with Crippen molar-refractivity contribution in [1.82, 2.24) is 0 Å². The number of phenolic OH excluding ortho intramolecular Hbond substituents is 1. The first-order valence-corrected chi connectivity index (χ1v) is 16.0. The molecule has 0 saturated heterocycles. The van der Waals surface area contributed by atoms with Crippen LogP contribution in [0.4, 0.5) is 0 Å². The predicted octanol–water partition coefficient (Wildman–Crippen LogP) is 7.81. The number of hydrogen-bond acceptors (Lipinski definition) is 9. The highest BCUT2D eigenvalue weighted by Crippen LogP contribution is 2.36. The highest BCUT2D eigenvalue weighted by Gasteiger charge is 2.23. The van der Waals surface area contributed by atoms with Gasteiger partial charge in [-0.3, -0.25) is 9.59 Å². The van der Waals surface area contributed by atoms with Gasteiger partial charge < -0.3 is 28.9 Å². The van der Waals surface area contributed by atoms with Crippen molar-refractivity contribution in [3.05, 3.63) is 111 Å². The maximum Gasteiger partial charge on any atom is 0.371 e. The van der Waals surface area contributed by atoms with Gasteiger partial charge in [-0.2, -0.15) is 0 Å². The van der Waals surface area contributed by atoms with Gasteiger partial charge in [-0.25, -0.2) is 4.79 Å². The zero-order chi connectivity index (χ0) is 33.2. The van der Waals surface area contributed by atoms with Crippen LogP contribution >= 0.6 is 11.8 Å². The monoisotopic (exact) mass is 646 g/mol. The molecule has 2 heterocycles. The summed E-state index contributed by atoms with van der Waals surface area (Å²) in [6.07, 6.45) is 10.6. The Bertz CT molecular complexity index is 1800. The number of ketones is 1. The number of hydrogen-bond donors (Lipinski definition) is 3. The lowest BCUT2D eigenvalue weighted by molar-refractivity contribution is 0.0662. The summed E-state index contributed by atoms with van der Waals surface area (Å²) in [5.74, 6) is -0.263. The zero-order valence-corrected chi connectivity index (χ0v) is 26.8. The van der Waals surface area contributed by atoms with Crippen molar-refractivity contribution in [1.29, 1.82) is 0 Å². The number of carboxylic acid groups (broad SMARTS) is 1. The Hall–Kier alpha value is -4.54. The number of thioether (sulfide) groups is 1. The van der Waals surface area contributed by atoms with Gasteiger partial charge in [-0.1, -0.05) is 37.6 Å². The zero-order valence-electron chi connectivity index (χ0n) is 26.0. The number of carbonyl (C=O) groups excluding carboxylic acids is 1. The van der Waals surface area contributed by atoms with Gasteiger partial charge in [0.05, 0.1) is 22.8 Å². The normalized spacial score (nSPS) is 13.0. The van der Waals surface area contributed by atoms with Gasteiger partial charge in [0.1, 0.15) is 34.7 Å². The van der Waals surface area contributed by atoms with Crippen LogP contribution in [0.5, 0.6) is 11.5 Å². The highest BCUT2D eigenvalue weighted by atomic mass is 32.2. The fourth-order valence-corrected chi connectivity index (χ4v) is 5.95. The molecule has 0 amide bonds. The van der Waals surface area contributed by atoms with Gasteiger partial charge in [0.25, 0.3) is 0 Å². The van der Waals surface area contributed by atoms with Crippen molar-refractivity contribution in [3.8, 4) is 11.5 Å². The van der Waals surface area contributed by atoms with Crippen LogP contribution in [0.15, 0.2) is 91.4 Å². The number of rotatable bonds is 16. The molecule has 0 fully saturated rings. The van der Waals surface area contributed by atoms with E-state index in [0.29, 0.717) is 46.3 Å². The molecule has 4 aromatic rings. The molecule has 46 heavy (non-hydrogen) atoms. The van der Waals surface area contributed by atoms with E-state index in [1.165, 1.54) is 18.7 Å². The van der Waals surface area contributed by atoms with Crippen molar-refractivity contribution in [2.75, 3.05) is 6.61 Å². The van der Waals surface area contributed by atoms with Gasteiger partial charge in [0.2, 0.25) is 5.76 Å². The molecule has 0 spiro atoms. The van der Waals surface area contributed by atoms with E-state index in [2.05, 4.69) is 0 Å². The number of Topliss-reactive ketones (excluding diaryl/α,β-unsaturated/α-hetero) is 1. The number of phenols is 1. The largest absolute Gasteiger partial charge is 0.507 e. The second-order valence-corrected chi connectivity index (χ2v) is 12.1. The SMILES string of the molecule is CCCc1c(OCCCC/C=C\C=C\C(Sc2ccc3c(=O)cc(C(=O)O)oc3c2)C(O)c2ccc(C)o2)ccc(C(C)=O)c1O. The summed E-state index contributed by atoms with van der Waals surface area (Å²) in [5.41, 5.74) is 0.675. The molecule has 0 bridgehead atoms. The van der Waals surface area contributed by atoms with Crippen molar-refractivity contribution in [2.24, 2.45) is 0 Å². The van der Waals surface area contributed by atoms with Gasteiger partial charge in [-0.05, 0) is 82.0 Å². The molecule has 2 unspecified atom stereocenters. The first-order valence-electron chi connectivity index (χ1n) is 15.1. The van der Waals surface area contributed by atoms with Crippen LogP contribution in [0.1, 0.15) is 83.6 Å². The lowest BCUT2D eigenvalue weighted by atomic mass is 10.0. The molecular formula is C36H38O9S. The van der Waals surface area contributed by atoms with Crippen LogP contribution in [0.25, 0.3) is 11.0 Å². The molecule has 9 nitrogen and oxygen atoms in total. The summed E-state index contributed by atoms with van der Waals surface area (Å²) in [6, 6.07) is 12.7. The highest BCUT2D eigenvalue weighted by molar-refractivity contribution is 8.00. The first-order chi connectivity index (χ1) is 22.1. The number of benzene rings is 2. The molecule has 0 aliphatic rings. The average Bonchev–Trinajstić information content (AvgIpc) is 3.46. The summed E-state index contributed by atoms with van der Waals surface area (Å²) in [7, 11) is 0. The third kappa shape index (κ3) is 8.80. The Morgan fingerprint density at radius 3 is 2.54 bits per heavy atom. The quantitative estimate of drug-likeness (QED) is 0.0476. The minimum Gasteiger partial charge on any atom is -0.507 e. The van der Waals surface area contributed by atoms with Crippen LogP contribution in [-0.4, -0.2) is 38.9 Å². The number of fused-ring (bicyclic) bond motifs is 1. The Kier molecular flexibility index (Phi) is 12.1. The molecule has 10 heteroatoms. The Labute approximate surface area is 271 Å². The molecule has 2 atom stereocenters. The van der Waals surface area contributed by atoms with Crippen LogP contribution in [0.2, 0.25) is 0 Å². The van der Waals surface area contributed by atoms with Gasteiger partial charge in [0.15, 0.2) is 11.2 Å². The molecule has 2 aromatic carbocycles. The van der Waals surface area contributed by atoms with E-state index in [0.717, 1.165) is 31.7 Å². The van der Waals surface area contributed by atoms with Crippen LogP contribution in [-0.2, 0) is 6.42 Å². The number of carbonyl (C=O) groups is 2. The lowest BCUT2D eigenvalue weighted by Crippen LogP contribution is -2.12. The molecule has 4 rings (SSSR count). The summed E-state index contributed by atoms with van der Waals surface area (Å²) in [5, 5.41) is 30.7. The van der Waals surface area contributed by atoms with Crippen LogP contribution < -0.4 is 10.2 Å². The van der Waals surface area contributed by atoms with Gasteiger partial charge >= 0.3 is 5.97 Å². The second kappa shape index (κ2) is 16.1. The number of unbranched alkanes of at least 4 members (excludes halogenated alkanes) is 2. The predicted molar refractivity (Wildman–Crippen MR) is 177 cm³/mol. The number of aryl methyl sites for hydroxylation is 1. The fraction of sp³-hybridized carbons (Fsp3) is 0.306. The standard InChI is InChI=1S/C36H38O9S/c1-4-11-27-29(18-16-25(23(3)37)34(27)39)43-19-10-8-6-5-7-9-12-33(35(40)30-17-13-22(2)44-30)46-24-14-15-26-28(38)21-32(36(41)42)45-31(26)20-24/h5,7,9,12-18,20-21,33,35,39-40H,4,6,8,10-11,19H2,1-3H3,(H,41,42)/b7-5-,12-9+. The molecule has 242 valence electrons. The van der Waals surface area contributed by atoms with Crippen molar-refractivity contribution >= 4 is 34.5 Å². The number of aromatic carboxylic acids is 1. The van der Waals surface area contributed by atoms with E-state index in [1.54, 1.807) is 49.4 Å². The van der Waals surface area contributed by atoms with Gasteiger partial charge in [-0.15, -0.1) is 11.8 Å². The van der Waals surface area contributed by atoms with E-state index in [-0.39, 0.29) is 22.5 Å². The van der Waals surface area contributed by atoms with E-state index in [4.69, 9.17) is 13.6 Å². The number of furan rings is 1. The third-order valence-electron chi connectivity index (χ3n) is 7.24. The molecule has 0 saturated carbocycles.